The summed E-state index contributed by atoms with van der Waals surface area (Å²) in [6, 6.07) is 0. The maximum Gasteiger partial charge on any atom is 0.352 e. The second kappa shape index (κ2) is 2.46. The normalized spacial score (nSPS) is 19.5. The smallest absolute Gasteiger partial charge is 0.294 e. The lowest BCUT2D eigenvalue weighted by Gasteiger charge is -1.94. The SMILES string of the molecule is CC(C)=CC(=O)N1O[Si]1(C)C. The molecule has 11 heavy (non-hydrogen) atoms. The zero-order chi connectivity index (χ0) is 8.65. The first-order valence-electron chi connectivity index (χ1n) is 3.62. The third-order valence-electron chi connectivity index (χ3n) is 1.38. The van der Waals surface area contributed by atoms with Crippen LogP contribution in [0, 0.1) is 0 Å². The minimum atomic E-state index is -1.68. The zero-order valence-electron chi connectivity index (χ0n) is 7.34. The largest absolute Gasteiger partial charge is 0.352 e. The molecule has 0 spiro atoms. The summed E-state index contributed by atoms with van der Waals surface area (Å²) >= 11 is 0. The van der Waals surface area contributed by atoms with Crippen molar-refractivity contribution in [2.45, 2.75) is 26.9 Å². The average Bonchev–Trinajstić information content (AvgIpc) is 2.38. The Labute approximate surface area is 67.8 Å². The molecular formula is C7H13NO2Si. The van der Waals surface area contributed by atoms with Crippen molar-refractivity contribution >= 4 is 14.4 Å². The summed E-state index contributed by atoms with van der Waals surface area (Å²) in [5.41, 5.74) is 1.01. The molecule has 1 aliphatic rings. The minimum Gasteiger partial charge on any atom is -0.294 e. The number of hydroxylamine groups is 1. The number of allylic oxidation sites excluding steroid dienone is 1. The molecule has 0 atom stereocenters. The van der Waals surface area contributed by atoms with Gasteiger partial charge in [-0.15, -0.1) is 0 Å². The third-order valence-corrected chi connectivity index (χ3v) is 3.15. The predicted molar refractivity (Wildman–Crippen MR) is 44.8 cm³/mol. The van der Waals surface area contributed by atoms with Crippen LogP contribution in [0.5, 0.6) is 0 Å². The highest BCUT2D eigenvalue weighted by Gasteiger charge is 2.53. The third kappa shape index (κ3) is 1.91. The van der Waals surface area contributed by atoms with Crippen molar-refractivity contribution in [2.24, 2.45) is 0 Å². The van der Waals surface area contributed by atoms with Gasteiger partial charge >= 0.3 is 8.48 Å². The average molecular weight is 171 g/mol. The summed E-state index contributed by atoms with van der Waals surface area (Å²) in [5, 5.41) is 0. The molecule has 0 bridgehead atoms. The molecule has 62 valence electrons. The molecule has 0 saturated carbocycles. The first-order chi connectivity index (χ1) is 4.93. The lowest BCUT2D eigenvalue weighted by molar-refractivity contribution is -0.126. The van der Waals surface area contributed by atoms with Crippen molar-refractivity contribution in [3.8, 4) is 0 Å². The molecule has 0 N–H and O–H groups in total. The molecular weight excluding hydrogens is 158 g/mol. The van der Waals surface area contributed by atoms with E-state index in [0.717, 1.165) is 5.57 Å². The van der Waals surface area contributed by atoms with Gasteiger partial charge in [0.2, 0.25) is 0 Å². The Balaban J connectivity index is 2.54. The van der Waals surface area contributed by atoms with Crippen LogP contribution < -0.4 is 0 Å². The number of hydrogen-bond acceptors (Lipinski definition) is 2. The molecule has 1 amide bonds. The van der Waals surface area contributed by atoms with Crippen molar-refractivity contribution in [3.63, 3.8) is 0 Å². The van der Waals surface area contributed by atoms with Gasteiger partial charge < -0.3 is 0 Å². The van der Waals surface area contributed by atoms with E-state index in [1.165, 1.54) is 4.73 Å². The van der Waals surface area contributed by atoms with Gasteiger partial charge in [-0.1, -0.05) is 5.57 Å². The van der Waals surface area contributed by atoms with Gasteiger partial charge in [0.1, 0.15) is 0 Å². The molecule has 1 aliphatic heterocycles. The number of amides is 1. The number of nitrogens with zero attached hydrogens (tertiary/aromatic N) is 1. The molecule has 0 aliphatic carbocycles. The highest BCUT2D eigenvalue weighted by atomic mass is 28.4. The van der Waals surface area contributed by atoms with Gasteiger partial charge in [0, 0.05) is 6.08 Å². The van der Waals surface area contributed by atoms with Crippen molar-refractivity contribution in [1.82, 2.24) is 4.73 Å². The summed E-state index contributed by atoms with van der Waals surface area (Å²) in [5.74, 6) is -0.0123. The summed E-state index contributed by atoms with van der Waals surface area (Å²) in [6.07, 6.45) is 1.60. The molecule has 0 aromatic heterocycles. The molecule has 0 radical (unpaired) electrons. The van der Waals surface area contributed by atoms with Crippen LogP contribution >= 0.6 is 0 Å². The molecule has 1 fully saturated rings. The highest BCUT2D eigenvalue weighted by Crippen LogP contribution is 2.28. The van der Waals surface area contributed by atoms with E-state index in [2.05, 4.69) is 0 Å². The van der Waals surface area contributed by atoms with Crippen molar-refractivity contribution in [1.29, 1.82) is 0 Å². The first kappa shape index (κ1) is 8.48. The van der Waals surface area contributed by atoms with Crippen molar-refractivity contribution < 1.29 is 9.32 Å². The maximum atomic E-state index is 11.2. The van der Waals surface area contributed by atoms with Crippen molar-refractivity contribution in [2.75, 3.05) is 0 Å². The van der Waals surface area contributed by atoms with Crippen LogP contribution in [0.2, 0.25) is 13.1 Å². The Bertz CT molecular complexity index is 218. The van der Waals surface area contributed by atoms with Gasteiger partial charge in [-0.25, -0.2) is 4.73 Å². The summed E-state index contributed by atoms with van der Waals surface area (Å²) in [4.78, 5) is 11.2. The van der Waals surface area contributed by atoms with Gasteiger partial charge in [0.15, 0.2) is 0 Å². The molecule has 3 nitrogen and oxygen atoms in total. The summed E-state index contributed by atoms with van der Waals surface area (Å²) < 4.78 is 6.65. The molecule has 0 unspecified atom stereocenters. The van der Waals surface area contributed by atoms with Crippen molar-refractivity contribution in [3.05, 3.63) is 11.6 Å². The van der Waals surface area contributed by atoms with Crippen LogP contribution in [0.3, 0.4) is 0 Å². The molecule has 1 heterocycles. The molecule has 1 saturated heterocycles. The molecule has 4 heteroatoms. The lowest BCUT2D eigenvalue weighted by Crippen LogP contribution is -2.19. The molecule has 1 rings (SSSR count). The summed E-state index contributed by atoms with van der Waals surface area (Å²) in [6.45, 7) is 7.78. The topological polar surface area (TPSA) is 32.6 Å². The van der Waals surface area contributed by atoms with Crippen LogP contribution in [-0.4, -0.2) is 19.1 Å². The number of carbonyl (C=O) groups is 1. The Morgan fingerprint density at radius 3 is 2.18 bits per heavy atom. The maximum absolute atomic E-state index is 11.2. The van der Waals surface area contributed by atoms with Crippen LogP contribution in [0.25, 0.3) is 0 Å². The van der Waals surface area contributed by atoms with Gasteiger partial charge in [-0.3, -0.25) is 9.32 Å². The molecule has 0 aromatic carbocycles. The quantitative estimate of drug-likeness (QED) is 0.339. The first-order valence-corrected chi connectivity index (χ1v) is 6.47. The summed E-state index contributed by atoms with van der Waals surface area (Å²) in [7, 11) is -1.68. The van der Waals surface area contributed by atoms with E-state index in [-0.39, 0.29) is 5.91 Å². The Morgan fingerprint density at radius 1 is 1.45 bits per heavy atom. The van der Waals surface area contributed by atoms with Gasteiger partial charge in [0.05, 0.1) is 0 Å². The van der Waals surface area contributed by atoms with E-state index in [1.807, 2.05) is 26.9 Å². The van der Waals surface area contributed by atoms with E-state index >= 15 is 0 Å². The van der Waals surface area contributed by atoms with Gasteiger partial charge in [-0.2, -0.15) is 0 Å². The van der Waals surface area contributed by atoms with E-state index in [9.17, 15) is 4.79 Å². The Morgan fingerprint density at radius 2 is 1.91 bits per heavy atom. The van der Waals surface area contributed by atoms with E-state index in [1.54, 1.807) is 6.08 Å². The standard InChI is InChI=1S/C7H13NO2Si/c1-6(2)5-7(9)8-10-11(8,3)4/h5H,1-4H3. The fourth-order valence-corrected chi connectivity index (χ4v) is 2.46. The fourth-order valence-electron chi connectivity index (χ4n) is 0.819. The fraction of sp³-hybridized carbons (Fsp3) is 0.571. The van der Waals surface area contributed by atoms with Crippen LogP contribution in [0.1, 0.15) is 13.8 Å². The highest BCUT2D eigenvalue weighted by molar-refractivity contribution is 6.77. The lowest BCUT2D eigenvalue weighted by atomic mass is 10.3. The van der Waals surface area contributed by atoms with Gasteiger partial charge in [0.25, 0.3) is 5.91 Å². The zero-order valence-corrected chi connectivity index (χ0v) is 8.34. The molecule has 0 aromatic rings. The van der Waals surface area contributed by atoms with Crippen LogP contribution in [-0.2, 0) is 9.32 Å². The van der Waals surface area contributed by atoms with Gasteiger partial charge in [-0.05, 0) is 26.9 Å². The monoisotopic (exact) mass is 171 g/mol. The van der Waals surface area contributed by atoms with Crippen LogP contribution in [0.4, 0.5) is 0 Å². The predicted octanol–water partition coefficient (Wildman–Crippen LogP) is 1.43. The van der Waals surface area contributed by atoms with E-state index in [4.69, 9.17) is 4.53 Å². The van der Waals surface area contributed by atoms with Crippen LogP contribution in [0.15, 0.2) is 11.6 Å². The second-order valence-electron chi connectivity index (χ2n) is 3.39. The number of carbonyl (C=O) groups excluding carboxylic acids is 1. The number of hydrogen-bond donors (Lipinski definition) is 0. The van der Waals surface area contributed by atoms with E-state index in [0.29, 0.717) is 0 Å². The number of rotatable bonds is 1. The Kier molecular flexibility index (Phi) is 1.90. The minimum absolute atomic E-state index is 0.0123. The van der Waals surface area contributed by atoms with E-state index < -0.39 is 8.48 Å². The Hall–Kier alpha value is -0.613. The second-order valence-corrected chi connectivity index (χ2v) is 6.87.